The summed E-state index contributed by atoms with van der Waals surface area (Å²) in [5.74, 6) is 0.953. The molecule has 2 unspecified atom stereocenters. The van der Waals surface area contributed by atoms with Crippen molar-refractivity contribution in [2.45, 2.75) is 18.8 Å². The van der Waals surface area contributed by atoms with Crippen LogP contribution in [0, 0.1) is 12.8 Å². The van der Waals surface area contributed by atoms with Crippen LogP contribution in [0.15, 0.2) is 24.3 Å². The Balaban J connectivity index is 2.05. The van der Waals surface area contributed by atoms with E-state index in [1.165, 1.54) is 11.1 Å². The predicted octanol–water partition coefficient (Wildman–Crippen LogP) is 1.43. The summed E-state index contributed by atoms with van der Waals surface area (Å²) < 4.78 is 0. The normalized spacial score (nSPS) is 33.7. The lowest BCUT2D eigenvalue weighted by Crippen LogP contribution is -2.53. The van der Waals surface area contributed by atoms with Crippen molar-refractivity contribution in [1.29, 1.82) is 0 Å². The van der Waals surface area contributed by atoms with Gasteiger partial charge in [-0.2, -0.15) is 0 Å². The largest absolute Gasteiger partial charge is 0.315 e. The number of carbonyl (C=O) groups is 1. The molecule has 1 saturated carbocycles. The first kappa shape index (κ1) is 9.10. The maximum absolute atomic E-state index is 11.9. The van der Waals surface area contributed by atoms with Gasteiger partial charge in [-0.25, -0.2) is 0 Å². The molecular formula is C13H15NO. The van der Waals surface area contributed by atoms with Gasteiger partial charge in [0.1, 0.15) is 5.78 Å². The van der Waals surface area contributed by atoms with Crippen molar-refractivity contribution < 1.29 is 4.79 Å². The molecule has 1 heterocycles. The van der Waals surface area contributed by atoms with E-state index in [4.69, 9.17) is 0 Å². The molecule has 1 aromatic carbocycles. The van der Waals surface area contributed by atoms with Crippen LogP contribution < -0.4 is 5.32 Å². The van der Waals surface area contributed by atoms with Gasteiger partial charge in [-0.1, -0.05) is 29.8 Å². The average Bonchev–Trinajstić information content (AvgIpc) is 2.57. The highest BCUT2D eigenvalue weighted by molar-refractivity contribution is 5.97. The second kappa shape index (κ2) is 2.92. The van der Waals surface area contributed by atoms with E-state index in [9.17, 15) is 4.79 Å². The van der Waals surface area contributed by atoms with Gasteiger partial charge in [0.15, 0.2) is 0 Å². The molecule has 1 saturated heterocycles. The monoisotopic (exact) mass is 201 g/mol. The van der Waals surface area contributed by atoms with Crippen LogP contribution in [0.5, 0.6) is 0 Å². The van der Waals surface area contributed by atoms with E-state index in [0.29, 0.717) is 11.7 Å². The standard InChI is InChI=1S/C13H15NO/c1-9-2-4-10(5-3-9)13-8-14-7-11(13)6-12(13)15/h2-5,11,14H,6-8H2,1H3. The molecule has 15 heavy (non-hydrogen) atoms. The highest BCUT2D eigenvalue weighted by Crippen LogP contribution is 2.47. The Kier molecular flexibility index (Phi) is 1.77. The average molecular weight is 201 g/mol. The maximum Gasteiger partial charge on any atom is 0.145 e. The Bertz CT molecular complexity index is 409. The second-order valence-electron chi connectivity index (χ2n) is 4.79. The third-order valence-electron chi connectivity index (χ3n) is 3.99. The minimum Gasteiger partial charge on any atom is -0.315 e. The SMILES string of the molecule is Cc1ccc(C23CNCC2CC3=O)cc1. The molecule has 1 aromatic rings. The van der Waals surface area contributed by atoms with E-state index in [1.54, 1.807) is 0 Å². The fourth-order valence-corrected chi connectivity index (χ4v) is 2.96. The van der Waals surface area contributed by atoms with Crippen molar-refractivity contribution in [2.75, 3.05) is 13.1 Å². The molecule has 0 amide bonds. The van der Waals surface area contributed by atoms with Crippen molar-refractivity contribution in [3.8, 4) is 0 Å². The number of benzene rings is 1. The molecule has 0 aromatic heterocycles. The number of carbonyl (C=O) groups excluding carboxylic acids is 1. The number of hydrogen-bond acceptors (Lipinski definition) is 2. The summed E-state index contributed by atoms with van der Waals surface area (Å²) in [5, 5.41) is 3.35. The topological polar surface area (TPSA) is 29.1 Å². The van der Waals surface area contributed by atoms with Crippen molar-refractivity contribution in [3.63, 3.8) is 0 Å². The lowest BCUT2D eigenvalue weighted by Gasteiger charge is -2.42. The first-order valence-electron chi connectivity index (χ1n) is 5.54. The Hall–Kier alpha value is -1.15. The van der Waals surface area contributed by atoms with Gasteiger partial charge in [0.25, 0.3) is 0 Å². The van der Waals surface area contributed by atoms with Gasteiger partial charge in [0.05, 0.1) is 5.41 Å². The number of aryl methyl sites for hydroxylation is 1. The number of rotatable bonds is 1. The van der Waals surface area contributed by atoms with Crippen molar-refractivity contribution in [1.82, 2.24) is 5.32 Å². The van der Waals surface area contributed by atoms with Gasteiger partial charge in [0.2, 0.25) is 0 Å². The molecule has 0 radical (unpaired) electrons. The molecule has 2 nitrogen and oxygen atoms in total. The number of fused-ring (bicyclic) bond motifs is 1. The first-order valence-corrected chi connectivity index (χ1v) is 5.54. The highest BCUT2D eigenvalue weighted by Gasteiger charge is 2.58. The summed E-state index contributed by atoms with van der Waals surface area (Å²) in [5.41, 5.74) is 2.29. The zero-order valence-corrected chi connectivity index (χ0v) is 8.92. The maximum atomic E-state index is 11.9. The smallest absolute Gasteiger partial charge is 0.145 e. The van der Waals surface area contributed by atoms with E-state index < -0.39 is 0 Å². The molecule has 0 spiro atoms. The molecule has 78 valence electrons. The van der Waals surface area contributed by atoms with Crippen LogP contribution in [-0.2, 0) is 10.2 Å². The molecule has 1 aliphatic heterocycles. The molecule has 2 fully saturated rings. The van der Waals surface area contributed by atoms with E-state index in [2.05, 4.69) is 36.5 Å². The van der Waals surface area contributed by atoms with Gasteiger partial charge >= 0.3 is 0 Å². The van der Waals surface area contributed by atoms with Crippen LogP contribution in [0.2, 0.25) is 0 Å². The zero-order valence-electron chi connectivity index (χ0n) is 8.92. The molecule has 2 aliphatic rings. The quantitative estimate of drug-likeness (QED) is 0.744. The summed E-state index contributed by atoms with van der Waals surface area (Å²) in [4.78, 5) is 11.9. The van der Waals surface area contributed by atoms with Crippen LogP contribution in [0.3, 0.4) is 0 Å². The van der Waals surface area contributed by atoms with Gasteiger partial charge in [-0.3, -0.25) is 4.79 Å². The molecular weight excluding hydrogens is 186 g/mol. The minimum atomic E-state index is -0.173. The van der Waals surface area contributed by atoms with E-state index in [1.807, 2.05) is 0 Å². The Labute approximate surface area is 89.7 Å². The van der Waals surface area contributed by atoms with Crippen LogP contribution >= 0.6 is 0 Å². The summed E-state index contributed by atoms with van der Waals surface area (Å²) in [6.07, 6.45) is 0.765. The minimum absolute atomic E-state index is 0.173. The van der Waals surface area contributed by atoms with Crippen LogP contribution in [0.25, 0.3) is 0 Å². The molecule has 2 heteroatoms. The highest BCUT2D eigenvalue weighted by atomic mass is 16.1. The lowest BCUT2D eigenvalue weighted by molar-refractivity contribution is -0.134. The van der Waals surface area contributed by atoms with Gasteiger partial charge in [0, 0.05) is 13.0 Å². The fourth-order valence-electron chi connectivity index (χ4n) is 2.96. The second-order valence-corrected chi connectivity index (χ2v) is 4.79. The van der Waals surface area contributed by atoms with E-state index in [-0.39, 0.29) is 5.41 Å². The molecule has 3 rings (SSSR count). The van der Waals surface area contributed by atoms with Gasteiger partial charge < -0.3 is 5.32 Å². The number of ketones is 1. The number of nitrogens with one attached hydrogen (secondary N) is 1. The van der Waals surface area contributed by atoms with Gasteiger partial charge in [-0.15, -0.1) is 0 Å². The lowest BCUT2D eigenvalue weighted by atomic mass is 9.57. The van der Waals surface area contributed by atoms with Crippen LogP contribution in [-0.4, -0.2) is 18.9 Å². The zero-order chi connectivity index (χ0) is 10.5. The van der Waals surface area contributed by atoms with E-state index in [0.717, 1.165) is 19.5 Å². The summed E-state index contributed by atoms with van der Waals surface area (Å²) in [7, 11) is 0. The Morgan fingerprint density at radius 3 is 2.67 bits per heavy atom. The fraction of sp³-hybridized carbons (Fsp3) is 0.462. The van der Waals surface area contributed by atoms with Crippen molar-refractivity contribution in [3.05, 3.63) is 35.4 Å². The molecule has 1 N–H and O–H groups in total. The van der Waals surface area contributed by atoms with Gasteiger partial charge in [-0.05, 0) is 24.9 Å². The third kappa shape index (κ3) is 1.06. The molecule has 2 atom stereocenters. The van der Waals surface area contributed by atoms with Crippen molar-refractivity contribution in [2.24, 2.45) is 5.92 Å². The predicted molar refractivity (Wildman–Crippen MR) is 58.8 cm³/mol. The summed E-state index contributed by atoms with van der Waals surface area (Å²) in [6, 6.07) is 8.44. The van der Waals surface area contributed by atoms with E-state index >= 15 is 0 Å². The summed E-state index contributed by atoms with van der Waals surface area (Å²) >= 11 is 0. The van der Waals surface area contributed by atoms with Crippen LogP contribution in [0.1, 0.15) is 17.5 Å². The van der Waals surface area contributed by atoms with Crippen LogP contribution in [0.4, 0.5) is 0 Å². The Morgan fingerprint density at radius 2 is 2.07 bits per heavy atom. The third-order valence-corrected chi connectivity index (χ3v) is 3.99. The first-order chi connectivity index (χ1) is 7.23. The van der Waals surface area contributed by atoms with Crippen molar-refractivity contribution >= 4 is 5.78 Å². The summed E-state index contributed by atoms with van der Waals surface area (Å²) in [6.45, 7) is 3.91. The Morgan fingerprint density at radius 1 is 1.33 bits per heavy atom. The number of Topliss-reactive ketones (excluding diaryl/α,β-unsaturated/α-hetero) is 1. The number of hydrogen-bond donors (Lipinski definition) is 1. The molecule has 0 bridgehead atoms. The molecule has 1 aliphatic carbocycles.